The maximum absolute atomic E-state index is 12.6. The summed E-state index contributed by atoms with van der Waals surface area (Å²) in [6.45, 7) is 1.55. The predicted octanol–water partition coefficient (Wildman–Crippen LogP) is 0.880. The number of ether oxygens (including phenoxy) is 1. The van der Waals surface area contributed by atoms with Gasteiger partial charge < -0.3 is 20.1 Å². The van der Waals surface area contributed by atoms with E-state index in [0.717, 1.165) is 0 Å². The molecule has 0 radical (unpaired) electrons. The van der Waals surface area contributed by atoms with Gasteiger partial charge in [0.25, 0.3) is 5.79 Å². The van der Waals surface area contributed by atoms with Gasteiger partial charge in [0, 0.05) is 12.5 Å². The van der Waals surface area contributed by atoms with Crippen LogP contribution >= 0.6 is 0 Å². The van der Waals surface area contributed by atoms with Gasteiger partial charge in [0.05, 0.1) is 11.5 Å². The molecule has 0 aromatic heterocycles. The van der Waals surface area contributed by atoms with Crippen LogP contribution in [0.5, 0.6) is 11.5 Å². The van der Waals surface area contributed by atoms with Crippen LogP contribution in [0.1, 0.15) is 30.1 Å². The summed E-state index contributed by atoms with van der Waals surface area (Å²) < 4.78 is 5.48. The Hall–Kier alpha value is -1.92. The fraction of sp³-hybridized carbons (Fsp3) is 0.500. The first-order valence-corrected chi connectivity index (χ1v) is 7.32. The third-order valence-electron chi connectivity index (χ3n) is 4.71. The predicted molar refractivity (Wildman–Crippen MR) is 75.5 cm³/mol. The topological polar surface area (TPSA) is 104 Å². The van der Waals surface area contributed by atoms with Crippen LogP contribution in [0.25, 0.3) is 0 Å². The van der Waals surface area contributed by atoms with E-state index in [4.69, 9.17) is 4.74 Å². The standard InChI is InChI=1S/C16H18O6/c1-8(7-17)10-3-4-12-14(19)11-6-9(18)2-5-13(11)22-16(12,21)15(10)20/h2,5-6,8,10,12,17-18,21H,3-4,7H2,1H3/t8-,10-,12-,16-/m1/s1. The quantitative estimate of drug-likeness (QED) is 0.749. The van der Waals surface area contributed by atoms with Crippen molar-refractivity contribution in [2.24, 2.45) is 17.8 Å². The summed E-state index contributed by atoms with van der Waals surface area (Å²) in [6, 6.07) is 3.98. The zero-order valence-electron chi connectivity index (χ0n) is 12.2. The van der Waals surface area contributed by atoms with Crippen LogP contribution in [0, 0.1) is 17.8 Å². The first-order valence-electron chi connectivity index (χ1n) is 7.32. The van der Waals surface area contributed by atoms with Crippen molar-refractivity contribution >= 4 is 11.6 Å². The molecule has 0 unspecified atom stereocenters. The van der Waals surface area contributed by atoms with Gasteiger partial charge in [-0.25, -0.2) is 0 Å². The zero-order chi connectivity index (χ0) is 16.1. The highest BCUT2D eigenvalue weighted by atomic mass is 16.6. The van der Waals surface area contributed by atoms with Gasteiger partial charge in [-0.1, -0.05) is 6.92 Å². The number of hydrogen-bond donors (Lipinski definition) is 3. The van der Waals surface area contributed by atoms with Gasteiger partial charge in [0.2, 0.25) is 5.78 Å². The van der Waals surface area contributed by atoms with Gasteiger partial charge in [0.15, 0.2) is 5.78 Å². The molecule has 1 heterocycles. The lowest BCUT2D eigenvalue weighted by Crippen LogP contribution is -2.61. The van der Waals surface area contributed by atoms with Gasteiger partial charge in [-0.15, -0.1) is 0 Å². The van der Waals surface area contributed by atoms with E-state index < -0.39 is 29.2 Å². The Bertz CT molecular complexity index is 640. The summed E-state index contributed by atoms with van der Waals surface area (Å²) in [5, 5.41) is 29.5. The van der Waals surface area contributed by atoms with E-state index in [1.54, 1.807) is 6.92 Å². The number of rotatable bonds is 2. The minimum atomic E-state index is -2.19. The molecule has 0 spiro atoms. The van der Waals surface area contributed by atoms with E-state index in [0.29, 0.717) is 12.8 Å². The monoisotopic (exact) mass is 306 g/mol. The van der Waals surface area contributed by atoms with Crippen LogP contribution in [0.4, 0.5) is 0 Å². The lowest BCUT2D eigenvalue weighted by molar-refractivity contribution is -0.202. The molecule has 1 aliphatic heterocycles. The summed E-state index contributed by atoms with van der Waals surface area (Å²) in [5.41, 5.74) is 0.177. The number of aliphatic hydroxyl groups excluding tert-OH is 1. The Morgan fingerprint density at radius 2 is 2.09 bits per heavy atom. The maximum Gasteiger partial charge on any atom is 0.278 e. The van der Waals surface area contributed by atoms with Crippen LogP contribution < -0.4 is 4.74 Å². The number of aliphatic hydroxyl groups is 2. The third kappa shape index (κ3) is 2.02. The minimum absolute atomic E-state index is 0.0740. The first kappa shape index (κ1) is 15.0. The summed E-state index contributed by atoms with van der Waals surface area (Å²) in [5.74, 6) is -4.96. The van der Waals surface area contributed by atoms with Crippen molar-refractivity contribution < 1.29 is 29.6 Å². The fourth-order valence-corrected chi connectivity index (χ4v) is 3.37. The van der Waals surface area contributed by atoms with Crippen molar-refractivity contribution in [3.63, 3.8) is 0 Å². The largest absolute Gasteiger partial charge is 0.508 e. The third-order valence-corrected chi connectivity index (χ3v) is 4.71. The van der Waals surface area contributed by atoms with Crippen LogP contribution in [-0.2, 0) is 4.79 Å². The first-order chi connectivity index (χ1) is 10.4. The summed E-state index contributed by atoms with van der Waals surface area (Å²) in [6.07, 6.45) is 0.710. The Balaban J connectivity index is 2.02. The smallest absolute Gasteiger partial charge is 0.278 e. The average Bonchev–Trinajstić information content (AvgIpc) is 2.49. The van der Waals surface area contributed by atoms with Crippen molar-refractivity contribution in [1.29, 1.82) is 0 Å². The second-order valence-corrected chi connectivity index (χ2v) is 6.10. The molecule has 6 heteroatoms. The molecule has 3 N–H and O–H groups in total. The van der Waals surface area contributed by atoms with Crippen molar-refractivity contribution in [3.05, 3.63) is 23.8 Å². The zero-order valence-corrected chi connectivity index (χ0v) is 12.2. The number of hydrogen-bond acceptors (Lipinski definition) is 6. The number of fused-ring (bicyclic) bond motifs is 2. The SMILES string of the molecule is C[C@H](CO)[C@H]1CC[C@@H]2C(=O)c3cc(O)ccc3O[C@@]2(O)C1=O. The average molecular weight is 306 g/mol. The Labute approximate surface area is 127 Å². The number of aromatic hydroxyl groups is 1. The van der Waals surface area contributed by atoms with E-state index in [1.165, 1.54) is 18.2 Å². The highest BCUT2D eigenvalue weighted by Crippen LogP contribution is 2.45. The van der Waals surface area contributed by atoms with Crippen LogP contribution in [0.2, 0.25) is 0 Å². The molecule has 0 bridgehead atoms. The molecule has 0 amide bonds. The normalized spacial score (nSPS) is 32.0. The number of phenolic OH excluding ortho intramolecular Hbond substituents is 1. The van der Waals surface area contributed by atoms with E-state index in [-0.39, 0.29) is 29.6 Å². The van der Waals surface area contributed by atoms with Gasteiger partial charge in [-0.3, -0.25) is 9.59 Å². The van der Waals surface area contributed by atoms with E-state index in [1.807, 2.05) is 0 Å². The van der Waals surface area contributed by atoms with Gasteiger partial charge in [-0.2, -0.15) is 0 Å². The number of carbonyl (C=O) groups is 2. The van der Waals surface area contributed by atoms with Crippen LogP contribution in [0.3, 0.4) is 0 Å². The molecule has 6 nitrogen and oxygen atoms in total. The second-order valence-electron chi connectivity index (χ2n) is 6.10. The number of carbonyl (C=O) groups excluding carboxylic acids is 2. The second kappa shape index (κ2) is 5.07. The molecule has 2 aliphatic rings. The van der Waals surface area contributed by atoms with Crippen molar-refractivity contribution in [1.82, 2.24) is 0 Å². The van der Waals surface area contributed by atoms with Crippen LogP contribution in [0.15, 0.2) is 18.2 Å². The Morgan fingerprint density at radius 1 is 1.36 bits per heavy atom. The fourth-order valence-electron chi connectivity index (χ4n) is 3.37. The lowest BCUT2D eigenvalue weighted by atomic mass is 9.68. The molecular formula is C16H18O6. The number of ketones is 2. The van der Waals surface area contributed by atoms with Crippen molar-refractivity contribution in [2.75, 3.05) is 6.61 Å². The molecule has 1 aromatic rings. The molecule has 22 heavy (non-hydrogen) atoms. The van der Waals surface area contributed by atoms with Crippen molar-refractivity contribution in [3.8, 4) is 11.5 Å². The molecule has 1 aromatic carbocycles. The molecule has 4 atom stereocenters. The molecule has 0 saturated heterocycles. The van der Waals surface area contributed by atoms with Gasteiger partial charge in [-0.05, 0) is 37.0 Å². The molecular weight excluding hydrogens is 288 g/mol. The van der Waals surface area contributed by atoms with E-state index >= 15 is 0 Å². The lowest BCUT2D eigenvalue weighted by Gasteiger charge is -2.44. The summed E-state index contributed by atoms with van der Waals surface area (Å²) in [4.78, 5) is 25.2. The molecule has 3 rings (SSSR count). The Morgan fingerprint density at radius 3 is 2.77 bits per heavy atom. The molecule has 118 valence electrons. The van der Waals surface area contributed by atoms with Gasteiger partial charge >= 0.3 is 0 Å². The molecule has 1 aliphatic carbocycles. The minimum Gasteiger partial charge on any atom is -0.508 e. The van der Waals surface area contributed by atoms with Gasteiger partial charge in [0.1, 0.15) is 11.5 Å². The van der Waals surface area contributed by atoms with Crippen LogP contribution in [-0.4, -0.2) is 39.3 Å². The number of benzene rings is 1. The Kier molecular flexibility index (Phi) is 3.45. The number of phenols is 1. The maximum atomic E-state index is 12.6. The summed E-state index contributed by atoms with van der Waals surface area (Å²) >= 11 is 0. The van der Waals surface area contributed by atoms with E-state index in [9.17, 15) is 24.9 Å². The highest BCUT2D eigenvalue weighted by molar-refractivity contribution is 6.07. The number of Topliss-reactive ketones (excluding diaryl/α,β-unsaturated/α-hetero) is 2. The van der Waals surface area contributed by atoms with Crippen molar-refractivity contribution in [2.45, 2.75) is 25.6 Å². The van der Waals surface area contributed by atoms with E-state index in [2.05, 4.69) is 0 Å². The summed E-state index contributed by atoms with van der Waals surface area (Å²) in [7, 11) is 0. The molecule has 1 fully saturated rings. The molecule has 1 saturated carbocycles. The highest BCUT2D eigenvalue weighted by Gasteiger charge is 2.58.